The molecule has 1 N–H and O–H groups in total. The molecule has 3 heteroatoms. The average Bonchev–Trinajstić information content (AvgIpc) is 2.86. The number of hydrogen-bond acceptors (Lipinski definition) is 3. The zero-order valence-corrected chi connectivity index (χ0v) is 12.2. The summed E-state index contributed by atoms with van der Waals surface area (Å²) < 4.78 is 12.0. The Kier molecular flexibility index (Phi) is 3.89. The van der Waals surface area contributed by atoms with Crippen molar-refractivity contribution >= 4 is 0 Å². The summed E-state index contributed by atoms with van der Waals surface area (Å²) in [7, 11) is 0. The van der Waals surface area contributed by atoms with Gasteiger partial charge in [-0.15, -0.1) is 0 Å². The molecule has 110 valence electrons. The Morgan fingerprint density at radius 1 is 1.21 bits per heavy atom. The summed E-state index contributed by atoms with van der Waals surface area (Å²) in [5.41, 5.74) is -0.127. The molecule has 2 atom stereocenters. The molecule has 0 bridgehead atoms. The third kappa shape index (κ3) is 2.45. The molecule has 2 aliphatic carbocycles. The van der Waals surface area contributed by atoms with Gasteiger partial charge in [-0.3, -0.25) is 0 Å². The number of ether oxygens (including phenoxy) is 2. The monoisotopic (exact) mass is 268 g/mol. The first-order valence-corrected chi connectivity index (χ1v) is 8.16. The van der Waals surface area contributed by atoms with Crippen LogP contribution in [0.3, 0.4) is 0 Å². The molecule has 0 radical (unpaired) electrons. The van der Waals surface area contributed by atoms with Gasteiger partial charge in [0.2, 0.25) is 0 Å². The molecule has 1 aliphatic heterocycles. The molecule has 0 aromatic rings. The predicted molar refractivity (Wildman–Crippen MR) is 74.1 cm³/mol. The summed E-state index contributed by atoms with van der Waals surface area (Å²) in [6.07, 6.45) is 9.89. The van der Waals surface area contributed by atoms with Gasteiger partial charge in [0.25, 0.3) is 0 Å². The van der Waals surface area contributed by atoms with Gasteiger partial charge in [0.15, 0.2) is 0 Å². The van der Waals surface area contributed by atoms with Crippen LogP contribution in [0.1, 0.15) is 64.7 Å². The highest BCUT2D eigenvalue weighted by Crippen LogP contribution is 2.48. The van der Waals surface area contributed by atoms with Crippen LogP contribution >= 0.6 is 0 Å². The van der Waals surface area contributed by atoms with Gasteiger partial charge in [-0.2, -0.15) is 0 Å². The Balaban J connectivity index is 1.69. The standard InChI is InChI=1S/C16H28O3/c1-2-18-16(9-3-4-10-16)14(17)13-6-11-19-15(12-13)7-5-8-15/h13-14,17H,2-12H2,1H3. The van der Waals surface area contributed by atoms with Crippen molar-refractivity contribution < 1.29 is 14.6 Å². The van der Waals surface area contributed by atoms with Crippen LogP contribution in [0.2, 0.25) is 0 Å². The van der Waals surface area contributed by atoms with Crippen molar-refractivity contribution in [3.63, 3.8) is 0 Å². The van der Waals surface area contributed by atoms with Crippen LogP contribution in [-0.4, -0.2) is 35.6 Å². The fourth-order valence-corrected chi connectivity index (χ4v) is 4.47. The topological polar surface area (TPSA) is 38.7 Å². The lowest BCUT2D eigenvalue weighted by Crippen LogP contribution is -2.53. The Morgan fingerprint density at radius 3 is 2.53 bits per heavy atom. The minimum Gasteiger partial charge on any atom is -0.390 e. The van der Waals surface area contributed by atoms with Crippen molar-refractivity contribution in [3.05, 3.63) is 0 Å². The maximum Gasteiger partial charge on any atom is 0.0942 e. The van der Waals surface area contributed by atoms with Crippen molar-refractivity contribution in [2.24, 2.45) is 5.92 Å². The first kappa shape index (κ1) is 13.8. The van der Waals surface area contributed by atoms with Crippen molar-refractivity contribution in [2.45, 2.75) is 82.0 Å². The molecule has 0 amide bonds. The summed E-state index contributed by atoms with van der Waals surface area (Å²) in [5, 5.41) is 10.9. The van der Waals surface area contributed by atoms with Crippen molar-refractivity contribution in [2.75, 3.05) is 13.2 Å². The van der Waals surface area contributed by atoms with E-state index in [1.54, 1.807) is 0 Å². The number of aliphatic hydroxyl groups excluding tert-OH is 1. The summed E-state index contributed by atoms with van der Waals surface area (Å²) >= 11 is 0. The first-order valence-electron chi connectivity index (χ1n) is 8.16. The Hall–Kier alpha value is -0.120. The van der Waals surface area contributed by atoms with E-state index in [-0.39, 0.29) is 17.3 Å². The maximum absolute atomic E-state index is 10.9. The second kappa shape index (κ2) is 5.34. The van der Waals surface area contributed by atoms with Gasteiger partial charge < -0.3 is 14.6 Å². The lowest BCUT2D eigenvalue weighted by atomic mass is 9.68. The Labute approximate surface area is 116 Å². The van der Waals surface area contributed by atoms with Crippen LogP contribution < -0.4 is 0 Å². The molecule has 1 spiro atoms. The highest BCUT2D eigenvalue weighted by molar-refractivity contribution is 5.01. The van der Waals surface area contributed by atoms with E-state index in [1.165, 1.54) is 32.1 Å². The van der Waals surface area contributed by atoms with Gasteiger partial charge in [-0.05, 0) is 57.8 Å². The van der Waals surface area contributed by atoms with Crippen LogP contribution in [0.4, 0.5) is 0 Å². The van der Waals surface area contributed by atoms with E-state index in [9.17, 15) is 5.11 Å². The van der Waals surface area contributed by atoms with Crippen LogP contribution in [0.15, 0.2) is 0 Å². The molecule has 0 aromatic carbocycles. The molecule has 3 fully saturated rings. The highest BCUT2D eigenvalue weighted by atomic mass is 16.5. The molecule has 2 saturated carbocycles. The zero-order valence-electron chi connectivity index (χ0n) is 12.2. The quantitative estimate of drug-likeness (QED) is 0.851. The van der Waals surface area contributed by atoms with Crippen LogP contribution in [0, 0.1) is 5.92 Å². The van der Waals surface area contributed by atoms with Crippen molar-refractivity contribution in [1.82, 2.24) is 0 Å². The first-order chi connectivity index (χ1) is 9.20. The molecular weight excluding hydrogens is 240 g/mol. The van der Waals surface area contributed by atoms with E-state index in [0.29, 0.717) is 12.5 Å². The van der Waals surface area contributed by atoms with E-state index >= 15 is 0 Å². The van der Waals surface area contributed by atoms with Crippen molar-refractivity contribution in [1.29, 1.82) is 0 Å². The third-order valence-corrected chi connectivity index (χ3v) is 5.66. The summed E-state index contributed by atoms with van der Waals surface area (Å²) in [6.45, 7) is 3.58. The summed E-state index contributed by atoms with van der Waals surface area (Å²) in [6, 6.07) is 0. The van der Waals surface area contributed by atoms with Gasteiger partial charge in [0, 0.05) is 13.2 Å². The van der Waals surface area contributed by atoms with Gasteiger partial charge in [0.05, 0.1) is 17.3 Å². The molecule has 1 saturated heterocycles. The van der Waals surface area contributed by atoms with E-state index in [1.807, 2.05) is 6.92 Å². The molecule has 19 heavy (non-hydrogen) atoms. The highest BCUT2D eigenvalue weighted by Gasteiger charge is 2.50. The molecule has 3 rings (SSSR count). The smallest absolute Gasteiger partial charge is 0.0942 e. The second-order valence-corrected chi connectivity index (χ2v) is 6.79. The Bertz CT molecular complexity index is 305. The van der Waals surface area contributed by atoms with E-state index < -0.39 is 0 Å². The molecule has 0 aromatic heterocycles. The Morgan fingerprint density at radius 2 is 1.95 bits per heavy atom. The maximum atomic E-state index is 10.9. The van der Waals surface area contributed by atoms with E-state index in [4.69, 9.17) is 9.47 Å². The van der Waals surface area contributed by atoms with E-state index in [0.717, 1.165) is 32.3 Å². The molecular formula is C16H28O3. The fraction of sp³-hybridized carbons (Fsp3) is 1.00. The minimum absolute atomic E-state index is 0.121. The number of rotatable bonds is 4. The predicted octanol–water partition coefficient (Wildman–Crippen LogP) is 3.05. The van der Waals surface area contributed by atoms with Gasteiger partial charge in [0.1, 0.15) is 0 Å². The SMILES string of the molecule is CCOC1(C(O)C2CCOC3(CCC3)C2)CCCC1. The second-order valence-electron chi connectivity index (χ2n) is 6.79. The third-order valence-electron chi connectivity index (χ3n) is 5.66. The summed E-state index contributed by atoms with van der Waals surface area (Å²) in [4.78, 5) is 0. The van der Waals surface area contributed by atoms with Crippen molar-refractivity contribution in [3.8, 4) is 0 Å². The zero-order chi connectivity index (χ0) is 13.3. The lowest BCUT2D eigenvalue weighted by molar-refractivity contribution is -0.191. The molecule has 1 heterocycles. The largest absolute Gasteiger partial charge is 0.390 e. The molecule has 3 nitrogen and oxygen atoms in total. The van der Waals surface area contributed by atoms with Crippen LogP contribution in [0.5, 0.6) is 0 Å². The van der Waals surface area contributed by atoms with Gasteiger partial charge >= 0.3 is 0 Å². The van der Waals surface area contributed by atoms with Gasteiger partial charge in [-0.1, -0.05) is 12.8 Å². The van der Waals surface area contributed by atoms with Gasteiger partial charge in [-0.25, -0.2) is 0 Å². The number of hydrogen-bond donors (Lipinski definition) is 1. The molecule has 3 aliphatic rings. The van der Waals surface area contributed by atoms with E-state index in [2.05, 4.69) is 0 Å². The van der Waals surface area contributed by atoms with Crippen LogP contribution in [-0.2, 0) is 9.47 Å². The fourth-order valence-electron chi connectivity index (χ4n) is 4.47. The number of aliphatic hydroxyl groups is 1. The molecule has 2 unspecified atom stereocenters. The van der Waals surface area contributed by atoms with Crippen LogP contribution in [0.25, 0.3) is 0 Å². The normalized spacial score (nSPS) is 34.1. The summed E-state index contributed by atoms with van der Waals surface area (Å²) in [5.74, 6) is 0.374. The minimum atomic E-state index is -0.295. The average molecular weight is 268 g/mol. The lowest BCUT2D eigenvalue weighted by Gasteiger charge is -2.50.